The Labute approximate surface area is 199 Å². The monoisotopic (exact) mass is 476 g/mol. The van der Waals surface area contributed by atoms with Crippen LogP contribution < -0.4 is 34.3 Å². The van der Waals surface area contributed by atoms with Crippen molar-refractivity contribution in [3.05, 3.63) is 42.0 Å². The fourth-order valence-electron chi connectivity index (χ4n) is 2.95. The molecule has 0 heterocycles. The van der Waals surface area contributed by atoms with Crippen LogP contribution in [0.5, 0.6) is 28.7 Å². The third kappa shape index (κ3) is 7.73. The molecular weight excluding hydrogens is 444 g/mol. The van der Waals surface area contributed by atoms with Crippen LogP contribution in [0.25, 0.3) is 0 Å². The van der Waals surface area contributed by atoms with Gasteiger partial charge in [0.15, 0.2) is 23.0 Å². The summed E-state index contributed by atoms with van der Waals surface area (Å²) in [6, 6.07) is 9.96. The maximum absolute atomic E-state index is 12.4. The van der Waals surface area contributed by atoms with Crippen molar-refractivity contribution >= 4 is 11.8 Å². The lowest BCUT2D eigenvalue weighted by Gasteiger charge is -2.17. The van der Waals surface area contributed by atoms with Crippen molar-refractivity contribution < 1.29 is 38.4 Å². The fourth-order valence-corrected chi connectivity index (χ4v) is 2.95. The Kier molecular flexibility index (Phi) is 10.8. The number of ether oxygens (including phenoxy) is 5. The molecule has 0 aliphatic heterocycles. The van der Waals surface area contributed by atoms with Crippen molar-refractivity contribution in [2.45, 2.75) is 20.0 Å². The van der Waals surface area contributed by atoms with Gasteiger partial charge in [0.05, 0.1) is 34.0 Å². The molecule has 0 spiro atoms. The number of hydrogen-bond acceptors (Lipinski definition) is 8. The third-order valence-corrected chi connectivity index (χ3v) is 4.55. The van der Waals surface area contributed by atoms with Gasteiger partial charge < -0.3 is 39.4 Å². The normalized spacial score (nSPS) is 11.2. The first-order valence-electron chi connectivity index (χ1n) is 10.9. The molecule has 2 aromatic carbocycles. The number of aliphatic hydroxyl groups is 1. The number of carbonyl (C=O) groups is 2. The zero-order valence-corrected chi connectivity index (χ0v) is 19.9. The highest BCUT2D eigenvalue weighted by Gasteiger charge is 2.16. The van der Waals surface area contributed by atoms with Crippen LogP contribution in [0.3, 0.4) is 0 Å². The zero-order chi connectivity index (χ0) is 24.9. The van der Waals surface area contributed by atoms with Crippen molar-refractivity contribution in [3.8, 4) is 28.7 Å². The van der Waals surface area contributed by atoms with E-state index >= 15 is 0 Å². The van der Waals surface area contributed by atoms with Crippen LogP contribution in [0.2, 0.25) is 0 Å². The Morgan fingerprint density at radius 3 is 2.15 bits per heavy atom. The number of carbonyl (C=O) groups excluding carboxylic acids is 2. The summed E-state index contributed by atoms with van der Waals surface area (Å²) < 4.78 is 27.1. The highest BCUT2D eigenvalue weighted by molar-refractivity contribution is 5.97. The fraction of sp³-hybridized carbons (Fsp3) is 0.417. The molecule has 0 aliphatic rings. The number of hydrogen-bond donors (Lipinski definition) is 3. The van der Waals surface area contributed by atoms with E-state index in [0.29, 0.717) is 47.5 Å². The van der Waals surface area contributed by atoms with Gasteiger partial charge in [-0.1, -0.05) is 6.07 Å². The Morgan fingerprint density at radius 2 is 1.53 bits per heavy atom. The quantitative estimate of drug-likeness (QED) is 0.377. The summed E-state index contributed by atoms with van der Waals surface area (Å²) in [4.78, 5) is 24.5. The van der Waals surface area contributed by atoms with Crippen molar-refractivity contribution in [2.75, 3.05) is 47.1 Å². The SMILES string of the molecule is CCOc1ccc(C(=O)NCC(=O)NCC(O)COc2c(OC)cccc2OC)cc1OCC. The van der Waals surface area contributed by atoms with E-state index in [1.165, 1.54) is 14.2 Å². The molecule has 1 unspecified atom stereocenters. The first kappa shape index (κ1) is 26.6. The van der Waals surface area contributed by atoms with E-state index < -0.39 is 17.9 Å². The van der Waals surface area contributed by atoms with E-state index in [2.05, 4.69) is 10.6 Å². The van der Waals surface area contributed by atoms with E-state index in [1.807, 2.05) is 13.8 Å². The van der Waals surface area contributed by atoms with Gasteiger partial charge in [-0.05, 0) is 44.2 Å². The third-order valence-electron chi connectivity index (χ3n) is 4.55. The summed E-state index contributed by atoms with van der Waals surface area (Å²) in [6.07, 6.45) is -0.992. The Hall–Kier alpha value is -3.66. The Bertz CT molecular complexity index is 928. The van der Waals surface area contributed by atoms with Gasteiger partial charge in [0.2, 0.25) is 11.7 Å². The van der Waals surface area contributed by atoms with Gasteiger partial charge in [0.25, 0.3) is 5.91 Å². The summed E-state index contributed by atoms with van der Waals surface area (Å²) in [5.41, 5.74) is 0.332. The molecule has 0 saturated heterocycles. The minimum atomic E-state index is -0.992. The van der Waals surface area contributed by atoms with Crippen LogP contribution in [0.4, 0.5) is 0 Å². The maximum Gasteiger partial charge on any atom is 0.251 e. The minimum absolute atomic E-state index is 0.0658. The van der Waals surface area contributed by atoms with Crippen LogP contribution in [0, 0.1) is 0 Å². The van der Waals surface area contributed by atoms with Gasteiger partial charge in [-0.3, -0.25) is 9.59 Å². The molecule has 0 aliphatic carbocycles. The highest BCUT2D eigenvalue weighted by Crippen LogP contribution is 2.36. The molecule has 0 fully saturated rings. The Morgan fingerprint density at radius 1 is 0.882 bits per heavy atom. The van der Waals surface area contributed by atoms with Crippen molar-refractivity contribution in [1.82, 2.24) is 10.6 Å². The molecule has 10 heteroatoms. The number of benzene rings is 2. The van der Waals surface area contributed by atoms with E-state index in [-0.39, 0.29) is 19.7 Å². The van der Waals surface area contributed by atoms with Crippen molar-refractivity contribution in [3.63, 3.8) is 0 Å². The molecule has 2 amide bonds. The second kappa shape index (κ2) is 13.8. The predicted octanol–water partition coefficient (Wildman–Crippen LogP) is 1.79. The molecule has 0 radical (unpaired) electrons. The van der Waals surface area contributed by atoms with Crippen molar-refractivity contribution in [1.29, 1.82) is 0 Å². The molecule has 0 bridgehead atoms. The predicted molar refractivity (Wildman–Crippen MR) is 125 cm³/mol. The zero-order valence-electron chi connectivity index (χ0n) is 19.9. The molecule has 34 heavy (non-hydrogen) atoms. The molecule has 3 N–H and O–H groups in total. The molecule has 186 valence electrons. The highest BCUT2D eigenvalue weighted by atomic mass is 16.5. The smallest absolute Gasteiger partial charge is 0.251 e. The largest absolute Gasteiger partial charge is 0.493 e. The van der Waals surface area contributed by atoms with Crippen molar-refractivity contribution in [2.24, 2.45) is 0 Å². The summed E-state index contributed by atoms with van der Waals surface area (Å²) in [7, 11) is 3.00. The molecule has 2 aromatic rings. The van der Waals surface area contributed by atoms with Gasteiger partial charge in [-0.2, -0.15) is 0 Å². The number of amides is 2. The number of methoxy groups -OCH3 is 2. The van der Waals surface area contributed by atoms with E-state index in [4.69, 9.17) is 23.7 Å². The van der Waals surface area contributed by atoms with E-state index in [1.54, 1.807) is 36.4 Å². The molecule has 2 rings (SSSR count). The lowest BCUT2D eigenvalue weighted by atomic mass is 10.2. The number of para-hydroxylation sites is 1. The minimum Gasteiger partial charge on any atom is -0.493 e. The van der Waals surface area contributed by atoms with Crippen LogP contribution in [-0.2, 0) is 4.79 Å². The standard InChI is InChI=1S/C24H32N2O8/c1-5-32-18-11-10-16(12-21(18)33-6-2)24(29)26-14-22(28)25-13-17(27)15-34-23-19(30-3)8-7-9-20(23)31-4/h7-12,17,27H,5-6,13-15H2,1-4H3,(H,25,28)(H,26,29). The van der Waals surface area contributed by atoms with E-state index in [0.717, 1.165) is 0 Å². The van der Waals surface area contributed by atoms with Crippen LogP contribution in [-0.4, -0.2) is 70.2 Å². The summed E-state index contributed by atoms with van der Waals surface area (Å²) in [5, 5.41) is 15.2. The summed E-state index contributed by atoms with van der Waals surface area (Å²) in [6.45, 7) is 4.15. The van der Waals surface area contributed by atoms with Gasteiger partial charge in [0.1, 0.15) is 12.7 Å². The number of rotatable bonds is 14. The summed E-state index contributed by atoms with van der Waals surface area (Å²) >= 11 is 0. The lowest BCUT2D eigenvalue weighted by molar-refractivity contribution is -0.120. The van der Waals surface area contributed by atoms with Crippen LogP contribution in [0.15, 0.2) is 36.4 Å². The van der Waals surface area contributed by atoms with Gasteiger partial charge in [0, 0.05) is 12.1 Å². The van der Waals surface area contributed by atoms with Crippen LogP contribution in [0.1, 0.15) is 24.2 Å². The number of nitrogens with one attached hydrogen (secondary N) is 2. The van der Waals surface area contributed by atoms with Gasteiger partial charge in [-0.15, -0.1) is 0 Å². The number of aliphatic hydroxyl groups excluding tert-OH is 1. The molecular formula is C24H32N2O8. The summed E-state index contributed by atoms with van der Waals surface area (Å²) in [5.74, 6) is 1.37. The molecule has 10 nitrogen and oxygen atoms in total. The average molecular weight is 477 g/mol. The van der Waals surface area contributed by atoms with Crippen LogP contribution >= 0.6 is 0 Å². The van der Waals surface area contributed by atoms with Gasteiger partial charge in [-0.25, -0.2) is 0 Å². The van der Waals surface area contributed by atoms with Gasteiger partial charge >= 0.3 is 0 Å². The maximum atomic E-state index is 12.4. The molecule has 0 saturated carbocycles. The van der Waals surface area contributed by atoms with E-state index in [9.17, 15) is 14.7 Å². The Balaban J connectivity index is 1.81. The second-order valence-electron chi connectivity index (χ2n) is 6.97. The lowest BCUT2D eigenvalue weighted by Crippen LogP contribution is -2.41. The average Bonchev–Trinajstić information content (AvgIpc) is 2.85. The second-order valence-corrected chi connectivity index (χ2v) is 6.97. The molecule has 0 aromatic heterocycles. The molecule has 1 atom stereocenters. The first-order valence-corrected chi connectivity index (χ1v) is 10.9. The first-order chi connectivity index (χ1) is 16.4. The topological polar surface area (TPSA) is 125 Å².